The van der Waals surface area contributed by atoms with Crippen LogP contribution in [0.25, 0.3) is 6.08 Å². The molecule has 0 heterocycles. The van der Waals surface area contributed by atoms with Crippen LogP contribution in [0.4, 0.5) is 5.69 Å². The third-order valence-corrected chi connectivity index (χ3v) is 1.96. The molecule has 19 heavy (non-hydrogen) atoms. The van der Waals surface area contributed by atoms with Gasteiger partial charge < -0.3 is 4.74 Å². The Kier molecular flexibility index (Phi) is 4.47. The van der Waals surface area contributed by atoms with Crippen molar-refractivity contribution in [2.45, 2.75) is 0 Å². The largest absolute Gasteiger partial charge is 0.423 e. The second kappa shape index (κ2) is 6.05. The Hall–Kier alpha value is -3.03. The van der Waals surface area contributed by atoms with E-state index in [1.807, 2.05) is 0 Å². The molecule has 0 aliphatic carbocycles. The van der Waals surface area contributed by atoms with Crippen molar-refractivity contribution in [3.05, 3.63) is 62.8 Å². The Morgan fingerprint density at radius 2 is 2.00 bits per heavy atom. The Balaban J connectivity index is 3.21. The number of nitrogens with zero attached hydrogens (tertiary/aromatic N) is 2. The van der Waals surface area contributed by atoms with E-state index >= 15 is 0 Å². The molecular formula is C11H8N2O6. The van der Waals surface area contributed by atoms with Gasteiger partial charge in [0.2, 0.25) is 6.20 Å². The maximum atomic E-state index is 11.1. The van der Waals surface area contributed by atoms with E-state index in [1.165, 1.54) is 6.07 Å². The molecule has 0 unspecified atom stereocenters. The highest BCUT2D eigenvalue weighted by atomic mass is 16.6. The highest BCUT2D eigenvalue weighted by Crippen LogP contribution is 2.25. The fourth-order valence-corrected chi connectivity index (χ4v) is 1.16. The third kappa shape index (κ3) is 4.04. The molecule has 0 saturated heterocycles. The molecule has 0 N–H and O–H groups in total. The van der Waals surface area contributed by atoms with Crippen molar-refractivity contribution in [3.63, 3.8) is 0 Å². The summed E-state index contributed by atoms with van der Waals surface area (Å²) in [5.74, 6) is -0.807. The van der Waals surface area contributed by atoms with Gasteiger partial charge >= 0.3 is 5.97 Å². The van der Waals surface area contributed by atoms with E-state index in [1.54, 1.807) is 0 Å². The first-order valence-electron chi connectivity index (χ1n) is 4.88. The van der Waals surface area contributed by atoms with Gasteiger partial charge in [-0.1, -0.05) is 6.58 Å². The maximum Gasteiger partial charge on any atom is 0.335 e. The highest BCUT2D eigenvalue weighted by molar-refractivity contribution is 5.84. The van der Waals surface area contributed by atoms with E-state index in [-0.39, 0.29) is 17.0 Å². The van der Waals surface area contributed by atoms with Crippen LogP contribution in [0, 0.1) is 20.2 Å². The van der Waals surface area contributed by atoms with Crippen molar-refractivity contribution in [2.75, 3.05) is 0 Å². The lowest BCUT2D eigenvalue weighted by Crippen LogP contribution is -2.04. The molecule has 98 valence electrons. The summed E-state index contributed by atoms with van der Waals surface area (Å²) in [6.07, 6.45) is 2.49. The number of nitro groups is 2. The molecule has 8 heteroatoms. The quantitative estimate of drug-likeness (QED) is 0.264. The minimum Gasteiger partial charge on any atom is -0.423 e. The second-order valence-corrected chi connectivity index (χ2v) is 3.21. The van der Waals surface area contributed by atoms with Gasteiger partial charge in [0, 0.05) is 29.8 Å². The number of benzene rings is 1. The summed E-state index contributed by atoms with van der Waals surface area (Å²) in [5, 5.41) is 20.8. The summed E-state index contributed by atoms with van der Waals surface area (Å²) in [4.78, 5) is 30.5. The van der Waals surface area contributed by atoms with E-state index in [2.05, 4.69) is 6.58 Å². The first-order valence-corrected chi connectivity index (χ1v) is 4.88. The number of carbonyl (C=O) groups excluding carboxylic acids is 1. The van der Waals surface area contributed by atoms with Gasteiger partial charge in [-0.25, -0.2) is 4.79 Å². The maximum absolute atomic E-state index is 11.1. The van der Waals surface area contributed by atoms with Crippen LogP contribution in [-0.4, -0.2) is 15.8 Å². The molecule has 0 amide bonds. The van der Waals surface area contributed by atoms with Gasteiger partial charge in [-0.3, -0.25) is 20.2 Å². The normalized spacial score (nSPS) is 10.1. The first-order chi connectivity index (χ1) is 8.93. The van der Waals surface area contributed by atoms with Gasteiger partial charge in [-0.15, -0.1) is 0 Å². The summed E-state index contributed by atoms with van der Waals surface area (Å²) in [5.41, 5.74) is -0.234. The topological polar surface area (TPSA) is 113 Å². The zero-order valence-electron chi connectivity index (χ0n) is 9.52. The smallest absolute Gasteiger partial charge is 0.335 e. The van der Waals surface area contributed by atoms with Crippen molar-refractivity contribution in [1.82, 2.24) is 0 Å². The summed E-state index contributed by atoms with van der Waals surface area (Å²) in [7, 11) is 0. The molecule has 0 spiro atoms. The summed E-state index contributed by atoms with van der Waals surface area (Å²) < 4.78 is 4.81. The van der Waals surface area contributed by atoms with Gasteiger partial charge in [-0.2, -0.15) is 0 Å². The van der Waals surface area contributed by atoms with Crippen LogP contribution in [0.2, 0.25) is 0 Å². The molecule has 0 saturated carbocycles. The fraction of sp³-hybridized carbons (Fsp3) is 0. The Morgan fingerprint density at radius 3 is 2.53 bits per heavy atom. The minimum atomic E-state index is -0.774. The molecule has 1 rings (SSSR count). The highest BCUT2D eigenvalue weighted by Gasteiger charge is 2.12. The number of hydrogen-bond acceptors (Lipinski definition) is 6. The molecule has 1 aromatic rings. The SMILES string of the molecule is C=CC(=O)Oc1ccc([N+](=O)[O-])cc1/C=C/[N+](=O)[O-]. The van der Waals surface area contributed by atoms with Gasteiger partial charge in [0.15, 0.2) is 0 Å². The molecule has 8 nitrogen and oxygen atoms in total. The second-order valence-electron chi connectivity index (χ2n) is 3.21. The van der Waals surface area contributed by atoms with E-state index in [9.17, 15) is 25.0 Å². The predicted molar refractivity (Wildman–Crippen MR) is 65.0 cm³/mol. The number of nitro benzene ring substituents is 1. The van der Waals surface area contributed by atoms with Crippen LogP contribution >= 0.6 is 0 Å². The standard InChI is InChI=1S/C11H8N2O6/c1-2-11(14)19-10-4-3-9(13(17)18)7-8(10)5-6-12(15)16/h2-7H,1H2/b6-5+. The number of rotatable bonds is 5. The van der Waals surface area contributed by atoms with Gasteiger partial charge in [-0.05, 0) is 6.07 Å². The molecule has 0 aromatic heterocycles. The number of carbonyl (C=O) groups is 1. The minimum absolute atomic E-state index is 0.0337. The number of esters is 1. The van der Waals surface area contributed by atoms with Crippen molar-refractivity contribution < 1.29 is 19.4 Å². The van der Waals surface area contributed by atoms with Crippen molar-refractivity contribution in [1.29, 1.82) is 0 Å². The van der Waals surface area contributed by atoms with E-state index in [4.69, 9.17) is 4.74 Å². The van der Waals surface area contributed by atoms with E-state index in [0.29, 0.717) is 6.20 Å². The number of hydrogen-bond donors (Lipinski definition) is 0. The summed E-state index contributed by atoms with van der Waals surface area (Å²) in [6, 6.07) is 3.36. The number of non-ortho nitro benzene ring substituents is 1. The summed E-state index contributed by atoms with van der Waals surface area (Å²) in [6.45, 7) is 3.20. The van der Waals surface area contributed by atoms with E-state index < -0.39 is 15.8 Å². The number of ether oxygens (including phenoxy) is 1. The van der Waals surface area contributed by atoms with Gasteiger partial charge in [0.05, 0.1) is 9.85 Å². The molecule has 0 fully saturated rings. The zero-order valence-corrected chi connectivity index (χ0v) is 9.52. The molecule has 1 aromatic carbocycles. The lowest BCUT2D eigenvalue weighted by molar-refractivity contribution is -0.401. The van der Waals surface area contributed by atoms with Gasteiger partial charge in [0.1, 0.15) is 5.75 Å². The lowest BCUT2D eigenvalue weighted by atomic mass is 10.1. The zero-order chi connectivity index (χ0) is 14.4. The van der Waals surface area contributed by atoms with Crippen molar-refractivity contribution >= 4 is 17.7 Å². The lowest BCUT2D eigenvalue weighted by Gasteiger charge is -2.04. The first kappa shape index (κ1) is 14.0. The Labute approximate surface area is 106 Å². The Bertz CT molecular complexity index is 579. The monoisotopic (exact) mass is 264 g/mol. The van der Waals surface area contributed by atoms with Crippen molar-refractivity contribution in [3.8, 4) is 5.75 Å². The van der Waals surface area contributed by atoms with Gasteiger partial charge in [0.25, 0.3) is 5.69 Å². The summed E-state index contributed by atoms with van der Waals surface area (Å²) >= 11 is 0. The van der Waals surface area contributed by atoms with Crippen LogP contribution in [0.15, 0.2) is 37.1 Å². The fourth-order valence-electron chi connectivity index (χ4n) is 1.16. The molecule has 0 bridgehead atoms. The van der Waals surface area contributed by atoms with Crippen LogP contribution in [0.3, 0.4) is 0 Å². The third-order valence-electron chi connectivity index (χ3n) is 1.96. The average molecular weight is 264 g/mol. The van der Waals surface area contributed by atoms with Crippen LogP contribution in [0.1, 0.15) is 5.56 Å². The van der Waals surface area contributed by atoms with E-state index in [0.717, 1.165) is 24.3 Å². The predicted octanol–water partition coefficient (Wildman–Crippen LogP) is 1.93. The van der Waals surface area contributed by atoms with Crippen molar-refractivity contribution in [2.24, 2.45) is 0 Å². The molecule has 0 aliphatic rings. The molecular weight excluding hydrogens is 256 g/mol. The Morgan fingerprint density at radius 1 is 1.32 bits per heavy atom. The molecule has 0 radical (unpaired) electrons. The van der Waals surface area contributed by atoms with Crippen LogP contribution < -0.4 is 4.74 Å². The average Bonchev–Trinajstić information content (AvgIpc) is 2.36. The van der Waals surface area contributed by atoms with Crippen LogP contribution in [0.5, 0.6) is 5.75 Å². The molecule has 0 aliphatic heterocycles. The molecule has 0 atom stereocenters. The van der Waals surface area contributed by atoms with Crippen LogP contribution in [-0.2, 0) is 4.79 Å².